The normalized spacial score (nSPS) is 14.7. The number of benzene rings is 2. The molecule has 1 atom stereocenters. The zero-order valence-corrected chi connectivity index (χ0v) is 20.1. The van der Waals surface area contributed by atoms with E-state index in [1.807, 2.05) is 13.0 Å². The van der Waals surface area contributed by atoms with Gasteiger partial charge in [0.25, 0.3) is 5.95 Å². The number of amides is 1. The third-order valence-electron chi connectivity index (χ3n) is 6.09. The molecule has 0 spiro atoms. The number of hydrogen-bond acceptors (Lipinski definition) is 8. The van der Waals surface area contributed by atoms with Crippen LogP contribution in [-0.2, 0) is 4.79 Å². The number of ether oxygens (including phenoxy) is 3. The molecule has 5 rings (SSSR count). The summed E-state index contributed by atoms with van der Waals surface area (Å²) in [5.41, 5.74) is 3.40. The molecule has 0 radical (unpaired) electrons. The number of nitrogens with zero attached hydrogens (tertiary/aromatic N) is 5. The Balaban J connectivity index is 1.63. The molecule has 3 heterocycles. The quantitative estimate of drug-likeness (QED) is 0.436. The Hall–Kier alpha value is -4.54. The van der Waals surface area contributed by atoms with Gasteiger partial charge in [0.1, 0.15) is 17.4 Å². The second-order valence-electron chi connectivity index (χ2n) is 8.16. The van der Waals surface area contributed by atoms with Crippen LogP contribution >= 0.6 is 0 Å². The van der Waals surface area contributed by atoms with E-state index >= 15 is 0 Å². The smallest absolute Gasteiger partial charge is 0.272 e. The molecule has 11 heteroatoms. The Morgan fingerprint density at radius 2 is 1.72 bits per heavy atom. The lowest BCUT2D eigenvalue weighted by Crippen LogP contribution is -2.25. The first kappa shape index (κ1) is 23.2. The number of rotatable bonds is 6. The molecule has 0 aliphatic carbocycles. The molecular formula is C25H23FN6O4. The number of anilines is 1. The maximum Gasteiger partial charge on any atom is 0.272 e. The van der Waals surface area contributed by atoms with Crippen molar-refractivity contribution in [1.82, 2.24) is 25.0 Å². The van der Waals surface area contributed by atoms with Crippen molar-refractivity contribution in [3.63, 3.8) is 0 Å². The zero-order valence-electron chi connectivity index (χ0n) is 20.1. The molecule has 1 aliphatic heterocycles. The SMILES string of the molecule is COc1cc(OC)c(C2CC(=O)Nc3c2c(C)nn3-c2nncc(-c3ccc(F)cc3)n2)cc1OC. The lowest BCUT2D eigenvalue weighted by atomic mass is 9.85. The fraction of sp³-hybridized carbons (Fsp3) is 0.240. The van der Waals surface area contributed by atoms with Crippen LogP contribution in [0.15, 0.2) is 42.6 Å². The van der Waals surface area contributed by atoms with Gasteiger partial charge in [-0.2, -0.15) is 14.9 Å². The molecule has 0 saturated carbocycles. The second kappa shape index (κ2) is 9.25. The fourth-order valence-electron chi connectivity index (χ4n) is 4.43. The molecule has 0 bridgehead atoms. The highest BCUT2D eigenvalue weighted by molar-refractivity contribution is 5.95. The van der Waals surface area contributed by atoms with E-state index in [9.17, 15) is 9.18 Å². The van der Waals surface area contributed by atoms with Crippen molar-refractivity contribution in [3.8, 4) is 34.5 Å². The van der Waals surface area contributed by atoms with Gasteiger partial charge in [-0.1, -0.05) is 0 Å². The van der Waals surface area contributed by atoms with E-state index in [1.165, 1.54) is 23.0 Å². The van der Waals surface area contributed by atoms with Crippen LogP contribution in [0.1, 0.15) is 29.2 Å². The van der Waals surface area contributed by atoms with Crippen LogP contribution < -0.4 is 19.5 Å². The van der Waals surface area contributed by atoms with Crippen LogP contribution in [0.25, 0.3) is 17.2 Å². The number of halogens is 1. The average Bonchev–Trinajstić information content (AvgIpc) is 3.23. The third kappa shape index (κ3) is 3.98. The Morgan fingerprint density at radius 1 is 1.03 bits per heavy atom. The minimum absolute atomic E-state index is 0.168. The summed E-state index contributed by atoms with van der Waals surface area (Å²) in [6.45, 7) is 1.85. The van der Waals surface area contributed by atoms with Crippen LogP contribution in [0.2, 0.25) is 0 Å². The highest BCUT2D eigenvalue weighted by Crippen LogP contribution is 2.46. The van der Waals surface area contributed by atoms with Gasteiger partial charge in [0.15, 0.2) is 11.5 Å². The van der Waals surface area contributed by atoms with E-state index in [2.05, 4.69) is 25.6 Å². The molecule has 1 amide bonds. The van der Waals surface area contributed by atoms with E-state index in [4.69, 9.17) is 14.2 Å². The van der Waals surface area contributed by atoms with Crippen LogP contribution in [0.3, 0.4) is 0 Å². The predicted molar refractivity (Wildman–Crippen MR) is 128 cm³/mol. The van der Waals surface area contributed by atoms with E-state index in [0.29, 0.717) is 40.0 Å². The highest BCUT2D eigenvalue weighted by atomic mass is 19.1. The summed E-state index contributed by atoms with van der Waals surface area (Å²) in [6.07, 6.45) is 1.66. The van der Waals surface area contributed by atoms with Gasteiger partial charge >= 0.3 is 0 Å². The van der Waals surface area contributed by atoms with Crippen molar-refractivity contribution < 1.29 is 23.4 Å². The zero-order chi connectivity index (χ0) is 25.4. The summed E-state index contributed by atoms with van der Waals surface area (Å²) in [7, 11) is 4.66. The molecular weight excluding hydrogens is 467 g/mol. The summed E-state index contributed by atoms with van der Waals surface area (Å²) in [6, 6.07) is 9.45. The summed E-state index contributed by atoms with van der Waals surface area (Å²) in [5, 5.41) is 15.7. The number of fused-ring (bicyclic) bond motifs is 1. The van der Waals surface area contributed by atoms with Crippen molar-refractivity contribution in [2.45, 2.75) is 19.3 Å². The van der Waals surface area contributed by atoms with E-state index < -0.39 is 0 Å². The maximum absolute atomic E-state index is 13.4. The molecule has 36 heavy (non-hydrogen) atoms. The lowest BCUT2D eigenvalue weighted by Gasteiger charge is -2.26. The number of carbonyl (C=O) groups is 1. The van der Waals surface area contributed by atoms with Gasteiger partial charge in [0, 0.05) is 35.1 Å². The minimum Gasteiger partial charge on any atom is -0.496 e. The van der Waals surface area contributed by atoms with Crippen LogP contribution in [-0.4, -0.2) is 52.2 Å². The van der Waals surface area contributed by atoms with Crippen LogP contribution in [0, 0.1) is 12.7 Å². The molecule has 1 unspecified atom stereocenters. The molecule has 4 aromatic rings. The van der Waals surface area contributed by atoms with Gasteiger partial charge in [-0.15, -0.1) is 5.10 Å². The first-order valence-corrected chi connectivity index (χ1v) is 11.1. The standard InChI is InChI=1S/C25H23FN6O4/c1-13-23-17(16-9-20(35-3)21(36-4)11-19(16)34-2)10-22(33)29-24(23)32(31-13)25-28-18(12-27-30-25)14-5-7-15(26)8-6-14/h5-9,11-12,17H,10H2,1-4H3,(H,29,33). The number of hydrogen-bond donors (Lipinski definition) is 1. The first-order valence-electron chi connectivity index (χ1n) is 11.1. The van der Waals surface area contributed by atoms with E-state index in [0.717, 1.165) is 11.1 Å². The largest absolute Gasteiger partial charge is 0.496 e. The molecule has 2 aromatic carbocycles. The number of aromatic nitrogens is 5. The summed E-state index contributed by atoms with van der Waals surface area (Å²) in [4.78, 5) is 17.4. The van der Waals surface area contributed by atoms with Crippen molar-refractivity contribution in [1.29, 1.82) is 0 Å². The molecule has 184 valence electrons. The van der Waals surface area contributed by atoms with Crippen LogP contribution in [0.4, 0.5) is 10.2 Å². The van der Waals surface area contributed by atoms with Crippen LogP contribution in [0.5, 0.6) is 17.2 Å². The number of aryl methyl sites for hydroxylation is 1. The average molecular weight is 490 g/mol. The predicted octanol–water partition coefficient (Wildman–Crippen LogP) is 3.67. The summed E-state index contributed by atoms with van der Waals surface area (Å²) >= 11 is 0. The van der Waals surface area contributed by atoms with E-state index in [-0.39, 0.29) is 30.0 Å². The Morgan fingerprint density at radius 3 is 2.42 bits per heavy atom. The monoisotopic (exact) mass is 490 g/mol. The van der Waals surface area contributed by atoms with E-state index in [1.54, 1.807) is 39.5 Å². The number of carbonyl (C=O) groups excluding carboxylic acids is 1. The van der Waals surface area contributed by atoms with Crippen molar-refractivity contribution in [2.75, 3.05) is 26.6 Å². The molecule has 1 N–H and O–H groups in total. The molecule has 0 saturated heterocycles. The Kier molecular flexibility index (Phi) is 5.96. The lowest BCUT2D eigenvalue weighted by molar-refractivity contribution is -0.116. The minimum atomic E-state index is -0.370. The van der Waals surface area contributed by atoms with Gasteiger partial charge in [-0.05, 0) is 37.3 Å². The fourth-order valence-corrected chi connectivity index (χ4v) is 4.43. The molecule has 2 aromatic heterocycles. The van der Waals surface area contributed by atoms with Gasteiger partial charge in [-0.25, -0.2) is 9.37 Å². The topological polar surface area (TPSA) is 113 Å². The Labute approximate surface area is 206 Å². The first-order chi connectivity index (χ1) is 17.4. The molecule has 1 aliphatic rings. The van der Waals surface area contributed by atoms with Crippen molar-refractivity contribution >= 4 is 11.7 Å². The summed E-state index contributed by atoms with van der Waals surface area (Å²) in [5.74, 6) is 1.29. The number of nitrogens with one attached hydrogen (secondary N) is 1. The maximum atomic E-state index is 13.4. The molecule has 0 fully saturated rings. The Bertz CT molecular complexity index is 1450. The number of methoxy groups -OCH3 is 3. The highest BCUT2D eigenvalue weighted by Gasteiger charge is 2.35. The van der Waals surface area contributed by atoms with Crippen molar-refractivity contribution in [3.05, 3.63) is 65.2 Å². The second-order valence-corrected chi connectivity index (χ2v) is 8.16. The summed E-state index contributed by atoms with van der Waals surface area (Å²) < 4.78 is 31.4. The molecule has 10 nitrogen and oxygen atoms in total. The van der Waals surface area contributed by atoms with Gasteiger partial charge < -0.3 is 19.5 Å². The van der Waals surface area contributed by atoms with Gasteiger partial charge in [0.05, 0.1) is 38.9 Å². The van der Waals surface area contributed by atoms with Gasteiger partial charge in [0.2, 0.25) is 5.91 Å². The van der Waals surface area contributed by atoms with Gasteiger partial charge in [-0.3, -0.25) is 4.79 Å². The third-order valence-corrected chi connectivity index (χ3v) is 6.09. The van der Waals surface area contributed by atoms with Crippen molar-refractivity contribution in [2.24, 2.45) is 0 Å².